The SMILES string of the molecule is CC(=O)N1[C@H](C)CN(S(=O)(=O)N(Cc2ccc(-c3nnc(C(F)F)o3)cn2)c2ccccc2)C[C@@H]1C. The predicted molar refractivity (Wildman–Crippen MR) is 127 cm³/mol. The summed E-state index contributed by atoms with van der Waals surface area (Å²) < 4.78 is 60.7. The van der Waals surface area contributed by atoms with Crippen molar-refractivity contribution in [3.63, 3.8) is 0 Å². The van der Waals surface area contributed by atoms with Crippen molar-refractivity contribution in [2.24, 2.45) is 0 Å². The maximum absolute atomic E-state index is 13.8. The Kier molecular flexibility index (Phi) is 7.31. The van der Waals surface area contributed by atoms with Gasteiger partial charge in [0.05, 0.1) is 23.5 Å². The maximum Gasteiger partial charge on any atom is 0.314 e. The van der Waals surface area contributed by atoms with Gasteiger partial charge in [-0.05, 0) is 38.1 Å². The Balaban J connectivity index is 1.61. The molecule has 0 unspecified atom stereocenters. The Morgan fingerprint density at radius 3 is 2.31 bits per heavy atom. The van der Waals surface area contributed by atoms with Crippen LogP contribution >= 0.6 is 0 Å². The summed E-state index contributed by atoms with van der Waals surface area (Å²) in [5.41, 5.74) is 1.20. The van der Waals surface area contributed by atoms with Crippen molar-refractivity contribution in [2.75, 3.05) is 17.4 Å². The number of anilines is 1. The molecule has 0 aliphatic carbocycles. The number of amides is 1. The van der Waals surface area contributed by atoms with Gasteiger partial charge in [0.1, 0.15) is 0 Å². The van der Waals surface area contributed by atoms with Crippen molar-refractivity contribution in [3.05, 3.63) is 60.2 Å². The van der Waals surface area contributed by atoms with Gasteiger partial charge in [0.25, 0.3) is 5.89 Å². The van der Waals surface area contributed by atoms with Crippen molar-refractivity contribution in [2.45, 2.75) is 45.8 Å². The molecule has 0 saturated carbocycles. The van der Waals surface area contributed by atoms with Crippen LogP contribution in [0.3, 0.4) is 0 Å². The molecule has 1 amide bonds. The molecule has 36 heavy (non-hydrogen) atoms. The summed E-state index contributed by atoms with van der Waals surface area (Å²) >= 11 is 0. The Hall–Kier alpha value is -3.45. The summed E-state index contributed by atoms with van der Waals surface area (Å²) in [5, 5.41) is 6.90. The summed E-state index contributed by atoms with van der Waals surface area (Å²) in [7, 11) is -3.99. The van der Waals surface area contributed by atoms with Gasteiger partial charge in [-0.2, -0.15) is 21.5 Å². The zero-order chi connectivity index (χ0) is 26.0. The number of carbonyl (C=O) groups excluding carboxylic acids is 1. The first-order chi connectivity index (χ1) is 17.1. The predicted octanol–water partition coefficient (Wildman–Crippen LogP) is 3.26. The van der Waals surface area contributed by atoms with Crippen LogP contribution in [0, 0.1) is 0 Å². The third-order valence-electron chi connectivity index (χ3n) is 5.90. The normalized spacial score (nSPS) is 19.0. The summed E-state index contributed by atoms with van der Waals surface area (Å²) in [6.07, 6.45) is -1.52. The molecule has 1 aliphatic heterocycles. The molecule has 1 aromatic carbocycles. The molecule has 4 rings (SSSR count). The molecule has 3 aromatic rings. The largest absolute Gasteiger partial charge is 0.415 e. The topological polar surface area (TPSA) is 113 Å². The number of aromatic nitrogens is 3. The second-order valence-electron chi connectivity index (χ2n) is 8.58. The van der Waals surface area contributed by atoms with Gasteiger partial charge in [-0.15, -0.1) is 10.2 Å². The minimum atomic E-state index is -3.99. The summed E-state index contributed by atoms with van der Waals surface area (Å²) in [5.74, 6) is -0.995. The van der Waals surface area contributed by atoms with E-state index in [1.54, 1.807) is 47.4 Å². The first-order valence-electron chi connectivity index (χ1n) is 11.3. The molecule has 1 aliphatic rings. The van der Waals surface area contributed by atoms with Crippen LogP contribution in [-0.2, 0) is 21.5 Å². The Morgan fingerprint density at radius 1 is 1.11 bits per heavy atom. The van der Waals surface area contributed by atoms with E-state index in [4.69, 9.17) is 4.42 Å². The van der Waals surface area contributed by atoms with Gasteiger partial charge >= 0.3 is 16.6 Å². The van der Waals surface area contributed by atoms with E-state index in [1.807, 2.05) is 13.8 Å². The Morgan fingerprint density at radius 2 is 1.78 bits per heavy atom. The molecule has 10 nitrogen and oxygen atoms in total. The Labute approximate surface area is 207 Å². The lowest BCUT2D eigenvalue weighted by Gasteiger charge is -2.44. The lowest BCUT2D eigenvalue weighted by molar-refractivity contribution is -0.135. The molecule has 0 bridgehead atoms. The van der Waals surface area contributed by atoms with Crippen LogP contribution in [0.2, 0.25) is 0 Å². The van der Waals surface area contributed by atoms with Crippen molar-refractivity contribution in [1.82, 2.24) is 24.4 Å². The van der Waals surface area contributed by atoms with Gasteiger partial charge in [0, 0.05) is 38.3 Å². The fourth-order valence-corrected chi connectivity index (χ4v) is 6.12. The van der Waals surface area contributed by atoms with Crippen molar-refractivity contribution in [1.29, 1.82) is 0 Å². The van der Waals surface area contributed by atoms with Gasteiger partial charge in [0.15, 0.2) is 0 Å². The highest BCUT2D eigenvalue weighted by molar-refractivity contribution is 7.90. The van der Waals surface area contributed by atoms with Gasteiger partial charge in [-0.1, -0.05) is 18.2 Å². The number of hydrogen-bond acceptors (Lipinski definition) is 7. The van der Waals surface area contributed by atoms with Crippen LogP contribution in [0.5, 0.6) is 0 Å². The number of pyridine rings is 1. The number of benzene rings is 1. The van der Waals surface area contributed by atoms with E-state index >= 15 is 0 Å². The quantitative estimate of drug-likeness (QED) is 0.470. The first kappa shape index (κ1) is 25.6. The van der Waals surface area contributed by atoms with E-state index in [2.05, 4.69) is 15.2 Å². The van der Waals surface area contributed by atoms with Crippen LogP contribution in [0.25, 0.3) is 11.5 Å². The highest BCUT2D eigenvalue weighted by Crippen LogP contribution is 2.27. The second kappa shape index (κ2) is 10.3. The van der Waals surface area contributed by atoms with Crippen molar-refractivity contribution in [3.8, 4) is 11.5 Å². The second-order valence-corrected chi connectivity index (χ2v) is 10.4. The molecule has 1 saturated heterocycles. The smallest absolute Gasteiger partial charge is 0.314 e. The highest BCUT2D eigenvalue weighted by atomic mass is 32.2. The number of piperazine rings is 1. The molecule has 2 atom stereocenters. The molecule has 0 spiro atoms. The van der Waals surface area contributed by atoms with Crippen LogP contribution in [0.15, 0.2) is 53.1 Å². The van der Waals surface area contributed by atoms with E-state index in [9.17, 15) is 22.0 Å². The number of carbonyl (C=O) groups is 1. The van der Waals surface area contributed by atoms with E-state index in [0.29, 0.717) is 16.9 Å². The molecule has 0 N–H and O–H groups in total. The fourth-order valence-electron chi connectivity index (χ4n) is 4.35. The van der Waals surface area contributed by atoms with E-state index in [-0.39, 0.29) is 43.5 Å². The van der Waals surface area contributed by atoms with Gasteiger partial charge in [-0.3, -0.25) is 14.1 Å². The highest BCUT2D eigenvalue weighted by Gasteiger charge is 2.39. The minimum Gasteiger partial charge on any atom is -0.415 e. The van der Waals surface area contributed by atoms with E-state index in [1.165, 1.54) is 21.7 Å². The van der Waals surface area contributed by atoms with Crippen molar-refractivity contribution < 1.29 is 26.4 Å². The molecule has 3 heterocycles. The molecule has 13 heteroatoms. The van der Waals surface area contributed by atoms with Crippen molar-refractivity contribution >= 4 is 21.8 Å². The third kappa shape index (κ3) is 5.21. The third-order valence-corrected chi connectivity index (χ3v) is 7.75. The minimum absolute atomic E-state index is 0.0750. The standard InChI is InChI=1S/C23H26F2N6O4S/c1-15-12-29(13-16(2)31(15)17(3)32)36(33,34)30(20-7-5-4-6-8-20)14-19-10-9-18(11-26-19)22-27-28-23(35-22)21(24)25/h4-11,15-16,21H,12-14H2,1-3H3/t15-,16+. The van der Waals surface area contributed by atoms with Gasteiger partial charge < -0.3 is 9.32 Å². The summed E-state index contributed by atoms with van der Waals surface area (Å²) in [6, 6.07) is 11.2. The molecular weight excluding hydrogens is 494 g/mol. The molecule has 192 valence electrons. The first-order valence-corrected chi connectivity index (χ1v) is 12.7. The summed E-state index contributed by atoms with van der Waals surface area (Å²) in [6.45, 7) is 5.37. The number of hydrogen-bond donors (Lipinski definition) is 0. The van der Waals surface area contributed by atoms with Crippen LogP contribution in [0.4, 0.5) is 14.5 Å². The monoisotopic (exact) mass is 520 g/mol. The van der Waals surface area contributed by atoms with Gasteiger partial charge in [-0.25, -0.2) is 0 Å². The molecule has 2 aromatic heterocycles. The van der Waals surface area contributed by atoms with Crippen LogP contribution in [0.1, 0.15) is 38.8 Å². The lowest BCUT2D eigenvalue weighted by atomic mass is 10.1. The number of rotatable bonds is 7. The summed E-state index contributed by atoms with van der Waals surface area (Å²) in [4.78, 5) is 18.0. The zero-order valence-corrected chi connectivity index (χ0v) is 20.8. The van der Waals surface area contributed by atoms with Crippen LogP contribution in [-0.4, -0.2) is 63.9 Å². The zero-order valence-electron chi connectivity index (χ0n) is 20.0. The van der Waals surface area contributed by atoms with E-state index < -0.39 is 22.5 Å². The molecular formula is C23H26F2N6O4S. The molecule has 0 radical (unpaired) electrons. The number of halogens is 2. The average Bonchev–Trinajstić information content (AvgIpc) is 3.33. The average molecular weight is 521 g/mol. The lowest BCUT2D eigenvalue weighted by Crippen LogP contribution is -2.61. The number of nitrogens with zero attached hydrogens (tertiary/aromatic N) is 6. The van der Waals surface area contributed by atoms with Gasteiger partial charge in [0.2, 0.25) is 11.8 Å². The number of alkyl halides is 2. The van der Waals surface area contributed by atoms with E-state index in [0.717, 1.165) is 0 Å². The Bertz CT molecular complexity index is 1290. The maximum atomic E-state index is 13.8. The number of para-hydroxylation sites is 1. The van der Waals surface area contributed by atoms with Crippen LogP contribution < -0.4 is 4.31 Å². The fraction of sp³-hybridized carbons (Fsp3) is 0.391. The molecule has 1 fully saturated rings.